The summed E-state index contributed by atoms with van der Waals surface area (Å²) in [5.41, 5.74) is 4.10. The average Bonchev–Trinajstić information content (AvgIpc) is 3.96. The third-order valence-corrected chi connectivity index (χ3v) is 17.5. The van der Waals surface area contributed by atoms with Gasteiger partial charge in [-0.05, 0) is 19.8 Å². The molecule has 0 spiro atoms. The van der Waals surface area contributed by atoms with E-state index in [9.17, 15) is 73.2 Å². The second-order valence-corrected chi connectivity index (χ2v) is 26.2. The van der Waals surface area contributed by atoms with Gasteiger partial charge in [0.2, 0.25) is 11.8 Å². The highest BCUT2D eigenvalue weighted by Crippen LogP contribution is 2.59. The number of nitrogens with two attached hydrogens (primary N) is 1. The Bertz CT molecular complexity index is 2380. The van der Waals surface area contributed by atoms with Crippen LogP contribution in [0.3, 0.4) is 0 Å². The van der Waals surface area contributed by atoms with E-state index in [-0.39, 0.29) is 66.3 Å². The number of nitrogens with zero attached hydrogens (tertiary/aromatic N) is 4. The summed E-state index contributed by atoms with van der Waals surface area (Å²) in [6.07, 6.45) is 8.47. The molecule has 0 aliphatic carbocycles. The molecule has 4 rings (SSSR count). The lowest BCUT2D eigenvalue weighted by Gasteiger charge is -2.35. The van der Waals surface area contributed by atoms with Gasteiger partial charge in [0.1, 0.15) is 42.4 Å². The molecule has 29 nitrogen and oxygen atoms in total. The number of phosphoric acid groups is 3. The number of nitrogens with one attached hydrogen (secondary N) is 2. The monoisotopic (exact) mass is 1230 g/mol. The summed E-state index contributed by atoms with van der Waals surface area (Å²) >= 11 is 0.982. The number of aliphatic hydroxyl groups excluding tert-OH is 5. The SMILES string of the molecule is C[C@@H]1O[C@@H](OCCCCCCCCCCCCCCCCCC[C@@H](O)CC(=O)SCCNC(=O)CCNC(=O)[C@H](O)C(C)(C)COP(=O)([O-])OP(=O)(O)OC[C@H]2O[C@@H](n3cnc4c(N)ncnc43)[C@H](O)[C@@H]2OP(=O)([O-])[O-])[C@H](O)C[C@H]1O. The number of carbonyl (C=O) groups excluding carboxylic acids is 3. The summed E-state index contributed by atoms with van der Waals surface area (Å²) in [6, 6.07) is 0. The number of hydrogen-bond donors (Lipinski definition) is 9. The van der Waals surface area contributed by atoms with Crippen molar-refractivity contribution in [2.75, 3.05) is 44.4 Å². The Balaban J connectivity index is 0.968. The van der Waals surface area contributed by atoms with E-state index >= 15 is 0 Å². The molecular weight excluding hydrogens is 1150 g/mol. The highest BCUT2D eigenvalue weighted by Gasteiger charge is 2.48. The van der Waals surface area contributed by atoms with Gasteiger partial charge in [-0.15, -0.1) is 0 Å². The number of imidazole rings is 1. The molecule has 2 aromatic heterocycles. The first-order valence-corrected chi connectivity index (χ1v) is 32.9. The Morgan fingerprint density at radius 2 is 1.46 bits per heavy atom. The smallest absolute Gasteiger partial charge is 0.478 e. The fraction of sp³-hybridized carbons (Fsp3) is 0.833. The number of thioether (sulfide) groups is 1. The first-order chi connectivity index (χ1) is 38.2. The lowest BCUT2D eigenvalue weighted by atomic mass is 9.87. The van der Waals surface area contributed by atoms with Gasteiger partial charge in [0, 0.05) is 50.1 Å². The Kier molecular flexibility index (Phi) is 30.7. The van der Waals surface area contributed by atoms with Crippen molar-refractivity contribution in [3.05, 3.63) is 12.7 Å². The third kappa shape index (κ3) is 26.3. The summed E-state index contributed by atoms with van der Waals surface area (Å²) in [6.45, 7) is 2.42. The zero-order chi connectivity index (χ0) is 59.8. The lowest BCUT2D eigenvalue weighted by molar-refractivity contribution is -0.347. The fourth-order valence-corrected chi connectivity index (χ4v) is 12.4. The molecule has 0 saturated carbocycles. The van der Waals surface area contributed by atoms with Crippen LogP contribution in [0.4, 0.5) is 5.82 Å². The van der Waals surface area contributed by atoms with Crippen LogP contribution in [-0.4, -0.2) is 161 Å². The van der Waals surface area contributed by atoms with Crippen LogP contribution in [-0.2, 0) is 60.2 Å². The number of ether oxygens (including phenoxy) is 3. The van der Waals surface area contributed by atoms with Crippen LogP contribution in [0.15, 0.2) is 12.7 Å². The number of hydrogen-bond acceptors (Lipinski definition) is 26. The minimum Gasteiger partial charge on any atom is -0.790 e. The van der Waals surface area contributed by atoms with Crippen molar-refractivity contribution in [2.24, 2.45) is 5.41 Å². The summed E-state index contributed by atoms with van der Waals surface area (Å²) < 4.78 is 72.6. The number of amides is 2. The van der Waals surface area contributed by atoms with Crippen molar-refractivity contribution in [3.8, 4) is 0 Å². The van der Waals surface area contributed by atoms with Crippen molar-refractivity contribution in [1.82, 2.24) is 30.2 Å². The second kappa shape index (κ2) is 35.1. The highest BCUT2D eigenvalue weighted by atomic mass is 32.2. The maximum atomic E-state index is 12.7. The van der Waals surface area contributed by atoms with E-state index in [0.29, 0.717) is 13.0 Å². The Hall–Kier alpha value is -2.64. The molecule has 10 N–H and O–H groups in total. The van der Waals surface area contributed by atoms with Gasteiger partial charge in [0.05, 0.1) is 45.7 Å². The van der Waals surface area contributed by atoms with E-state index in [0.717, 1.165) is 67.5 Å². The second-order valence-electron chi connectivity index (χ2n) is 21.0. The molecule has 4 heterocycles. The number of nitrogen functional groups attached to an aromatic ring is 1. The average molecular weight is 1240 g/mol. The predicted octanol–water partition coefficient (Wildman–Crippen LogP) is 2.02. The van der Waals surface area contributed by atoms with Crippen molar-refractivity contribution in [1.29, 1.82) is 0 Å². The number of rotatable bonds is 41. The summed E-state index contributed by atoms with van der Waals surface area (Å²) in [4.78, 5) is 95.0. The van der Waals surface area contributed by atoms with Crippen LogP contribution in [0.5, 0.6) is 0 Å². The standard InChI is InChI=1S/C48H86N7O22P3S/c1-32-34(57)27-35(58)47(74-32)71-24-19-17-15-13-11-9-7-5-4-6-8-10-12-14-16-18-20-33(56)26-38(60)81-25-23-50-37(59)21-22-51-45(63)42(62)48(2,3)29-73-80(69,70)77-79(67,68)72-28-36-41(76-78(64,65)66)40(61)46(75-36)55-31-54-39-43(49)52-30-53-44(39)55/h30-36,40-42,46-47,56-58,61-62H,4-29H2,1-3H3,(H,50,59)(H,51,63)(H,67,68)(H,69,70)(H2,49,52,53)(H2,64,65,66)/p-3/t32-,33+,34+,35+,36+,40+,41+,42-,46+,47+/m0/s1. The molecular formula is C48H83N7O22P3S-3. The van der Waals surface area contributed by atoms with Crippen LogP contribution in [0.2, 0.25) is 0 Å². The normalized spacial score (nSPS) is 23.9. The van der Waals surface area contributed by atoms with Crippen molar-refractivity contribution in [3.63, 3.8) is 0 Å². The van der Waals surface area contributed by atoms with Gasteiger partial charge < -0.3 is 89.3 Å². The molecule has 0 bridgehead atoms. The topological polar surface area (TPSA) is 451 Å². The van der Waals surface area contributed by atoms with Gasteiger partial charge in [-0.25, -0.2) is 23.8 Å². The van der Waals surface area contributed by atoms with E-state index in [4.69, 9.17) is 19.9 Å². The van der Waals surface area contributed by atoms with Crippen LogP contribution >= 0.6 is 35.2 Å². The van der Waals surface area contributed by atoms with Crippen LogP contribution in [0, 0.1) is 5.41 Å². The molecule has 2 aliphatic rings. The maximum absolute atomic E-state index is 12.7. The van der Waals surface area contributed by atoms with Gasteiger partial charge in [0.25, 0.3) is 7.82 Å². The maximum Gasteiger partial charge on any atom is 0.478 e. The number of aromatic nitrogens is 4. The first-order valence-electron chi connectivity index (χ1n) is 27.5. The molecule has 33 heteroatoms. The van der Waals surface area contributed by atoms with Gasteiger partial charge in [0.15, 0.2) is 29.1 Å². The van der Waals surface area contributed by atoms with E-state index in [1.54, 1.807) is 6.92 Å². The Morgan fingerprint density at radius 3 is 2.07 bits per heavy atom. The van der Waals surface area contributed by atoms with Crippen LogP contribution in [0.25, 0.3) is 11.2 Å². The lowest BCUT2D eigenvalue weighted by Crippen LogP contribution is -2.47. The molecule has 2 unspecified atom stereocenters. The quantitative estimate of drug-likeness (QED) is 0.0340. The molecule has 2 fully saturated rings. The van der Waals surface area contributed by atoms with Gasteiger partial charge >= 0.3 is 7.82 Å². The summed E-state index contributed by atoms with van der Waals surface area (Å²) in [7, 11) is -17.3. The number of phosphoric ester groups is 3. The number of carbonyl (C=O) groups is 3. The number of aliphatic hydroxyl groups is 5. The first kappa shape index (κ1) is 70.8. The Labute approximate surface area is 476 Å². The van der Waals surface area contributed by atoms with E-state index in [2.05, 4.69) is 43.5 Å². The zero-order valence-corrected chi connectivity index (χ0v) is 49.6. The van der Waals surface area contributed by atoms with Crippen molar-refractivity contribution in [2.45, 2.75) is 211 Å². The van der Waals surface area contributed by atoms with Gasteiger partial charge in [-0.1, -0.05) is 122 Å². The predicted molar refractivity (Wildman–Crippen MR) is 286 cm³/mol. The molecule has 0 aromatic carbocycles. The van der Waals surface area contributed by atoms with Crippen molar-refractivity contribution >= 4 is 69.1 Å². The van der Waals surface area contributed by atoms with Gasteiger partial charge in [-0.3, -0.25) is 28.0 Å². The minimum absolute atomic E-state index is 0.000759. The molecule has 81 heavy (non-hydrogen) atoms. The molecule has 2 amide bonds. The molecule has 2 aromatic rings. The largest absolute Gasteiger partial charge is 0.790 e. The number of fused-ring (bicyclic) bond motifs is 1. The van der Waals surface area contributed by atoms with Gasteiger partial charge in [-0.2, -0.15) is 0 Å². The van der Waals surface area contributed by atoms with Crippen molar-refractivity contribution < 1.29 is 105 Å². The number of anilines is 1. The van der Waals surface area contributed by atoms with E-state index in [1.807, 2.05) is 0 Å². The van der Waals surface area contributed by atoms with E-state index in [1.165, 1.54) is 78.1 Å². The summed E-state index contributed by atoms with van der Waals surface area (Å²) in [5, 5.41) is 56.4. The van der Waals surface area contributed by atoms with Crippen LogP contribution < -0.4 is 31.0 Å². The minimum atomic E-state index is -5.85. The number of unbranched alkanes of at least 4 members (excludes halogenated alkanes) is 15. The highest BCUT2D eigenvalue weighted by molar-refractivity contribution is 8.13. The molecule has 12 atom stereocenters. The molecule has 2 aliphatic heterocycles. The fourth-order valence-electron chi connectivity index (χ4n) is 8.88. The van der Waals surface area contributed by atoms with Crippen LogP contribution in [0.1, 0.15) is 155 Å². The van der Waals surface area contributed by atoms with E-state index < -0.39 is 109 Å². The third-order valence-electron chi connectivity index (χ3n) is 13.6. The molecule has 0 radical (unpaired) electrons. The molecule has 2 saturated heterocycles. The Morgan fingerprint density at radius 1 is 0.852 bits per heavy atom. The molecule has 466 valence electrons. The zero-order valence-electron chi connectivity index (χ0n) is 46.1. The summed E-state index contributed by atoms with van der Waals surface area (Å²) in [5.74, 6) is -1.33.